The molecule has 0 spiro atoms. The molecule has 0 saturated heterocycles. The third kappa shape index (κ3) is 4.69. The van der Waals surface area contributed by atoms with Crippen LogP contribution in [0.4, 0.5) is 18.9 Å². The lowest BCUT2D eigenvalue weighted by molar-refractivity contribution is -0.384. The Morgan fingerprint density at radius 2 is 1.79 bits per heavy atom. The number of rotatable bonds is 5. The third-order valence-corrected chi connectivity index (χ3v) is 7.31. The monoisotopic (exact) mass is 496 g/mol. The summed E-state index contributed by atoms with van der Waals surface area (Å²) in [6.07, 6.45) is -3.30. The summed E-state index contributed by atoms with van der Waals surface area (Å²) in [4.78, 5) is 13.9. The van der Waals surface area contributed by atoms with Crippen molar-refractivity contribution in [3.05, 3.63) is 74.0 Å². The van der Waals surface area contributed by atoms with Crippen molar-refractivity contribution in [1.82, 2.24) is 4.98 Å². The molecule has 0 unspecified atom stereocenters. The zero-order valence-electron chi connectivity index (χ0n) is 17.8. The second kappa shape index (κ2) is 8.71. The average molecular weight is 497 g/mol. The molecule has 3 aromatic rings. The number of alkyl halides is 3. The van der Waals surface area contributed by atoms with Gasteiger partial charge in [0.2, 0.25) is 0 Å². The molecule has 0 aliphatic heterocycles. The van der Waals surface area contributed by atoms with Crippen LogP contribution >= 0.6 is 12.2 Å². The number of nitrogens with zero attached hydrogens (tertiary/aromatic N) is 1. The van der Waals surface area contributed by atoms with E-state index < -0.39 is 37.8 Å². The van der Waals surface area contributed by atoms with Crippen molar-refractivity contribution in [1.29, 1.82) is 0 Å². The summed E-state index contributed by atoms with van der Waals surface area (Å²) in [5.74, 6) is -0.214. The molecule has 1 N–H and O–H groups in total. The van der Waals surface area contributed by atoms with E-state index in [4.69, 9.17) is 12.2 Å². The van der Waals surface area contributed by atoms with Crippen molar-refractivity contribution >= 4 is 27.7 Å². The van der Waals surface area contributed by atoms with Gasteiger partial charge in [-0.3, -0.25) is 10.1 Å². The van der Waals surface area contributed by atoms with Crippen LogP contribution in [0.1, 0.15) is 23.6 Å². The summed E-state index contributed by atoms with van der Waals surface area (Å²) in [5, 5.41) is 12.0. The Morgan fingerprint density at radius 1 is 1.12 bits per heavy atom. The lowest BCUT2D eigenvalue weighted by Gasteiger charge is -2.18. The van der Waals surface area contributed by atoms with E-state index in [2.05, 4.69) is 4.98 Å². The first kappa shape index (κ1) is 24.6. The molecule has 1 aromatic heterocycles. The van der Waals surface area contributed by atoms with Crippen molar-refractivity contribution in [3.63, 3.8) is 0 Å². The number of nitro groups is 1. The van der Waals surface area contributed by atoms with Gasteiger partial charge >= 0.3 is 6.18 Å². The highest BCUT2D eigenvalue weighted by Crippen LogP contribution is 2.47. The van der Waals surface area contributed by atoms with E-state index in [-0.39, 0.29) is 37.5 Å². The number of H-pyrrole nitrogens is 1. The van der Waals surface area contributed by atoms with Crippen LogP contribution in [0.5, 0.6) is 0 Å². The molecule has 0 amide bonds. The van der Waals surface area contributed by atoms with E-state index in [1.165, 1.54) is 31.2 Å². The van der Waals surface area contributed by atoms with Crippen LogP contribution < -0.4 is 0 Å². The summed E-state index contributed by atoms with van der Waals surface area (Å²) in [7, 11) is -3.68. The molecule has 174 valence electrons. The predicted molar refractivity (Wildman–Crippen MR) is 121 cm³/mol. The van der Waals surface area contributed by atoms with Crippen molar-refractivity contribution in [2.45, 2.75) is 31.8 Å². The van der Waals surface area contributed by atoms with E-state index in [9.17, 15) is 31.7 Å². The van der Waals surface area contributed by atoms with Gasteiger partial charge in [-0.1, -0.05) is 31.3 Å². The van der Waals surface area contributed by atoms with E-state index in [0.29, 0.717) is 5.56 Å². The van der Waals surface area contributed by atoms with Crippen molar-refractivity contribution in [2.75, 3.05) is 5.75 Å². The number of hydrogen-bond acceptors (Lipinski definition) is 5. The summed E-state index contributed by atoms with van der Waals surface area (Å²) in [6, 6.07) is 7.71. The first-order valence-electron chi connectivity index (χ1n) is 9.70. The minimum atomic E-state index is -4.87. The predicted octanol–water partition coefficient (Wildman–Crippen LogP) is 6.42. The maximum Gasteiger partial charge on any atom is 0.416 e. The molecule has 6 nitrogen and oxygen atoms in total. The first-order valence-corrected chi connectivity index (χ1v) is 11.8. The van der Waals surface area contributed by atoms with Gasteiger partial charge < -0.3 is 4.98 Å². The van der Waals surface area contributed by atoms with Crippen LogP contribution in [0.25, 0.3) is 22.3 Å². The van der Waals surface area contributed by atoms with Gasteiger partial charge in [-0.05, 0) is 54.8 Å². The summed E-state index contributed by atoms with van der Waals surface area (Å²) in [6.45, 7) is 4.18. The fraction of sp³-hybridized carbons (Fsp3) is 0.227. The van der Waals surface area contributed by atoms with Gasteiger partial charge in [-0.25, -0.2) is 8.42 Å². The zero-order chi connectivity index (χ0) is 24.7. The number of aromatic amines is 1. The maximum atomic E-state index is 13.8. The van der Waals surface area contributed by atoms with E-state index in [1.54, 1.807) is 19.2 Å². The molecule has 0 atom stereocenters. The van der Waals surface area contributed by atoms with Gasteiger partial charge in [0.25, 0.3) is 5.69 Å². The largest absolute Gasteiger partial charge is 0.416 e. The molecule has 2 aromatic carbocycles. The third-order valence-electron chi connectivity index (χ3n) is 5.24. The number of sulfone groups is 1. The summed E-state index contributed by atoms with van der Waals surface area (Å²) in [5.41, 5.74) is -1.82. The molecule has 0 aliphatic rings. The Bertz CT molecular complexity index is 1430. The Balaban J connectivity index is 2.56. The van der Waals surface area contributed by atoms with Gasteiger partial charge in [-0.15, -0.1) is 0 Å². The summed E-state index contributed by atoms with van der Waals surface area (Å²) >= 11 is 5.31. The maximum absolute atomic E-state index is 13.8. The molecule has 11 heteroatoms. The van der Waals surface area contributed by atoms with Crippen LogP contribution in [0.2, 0.25) is 0 Å². The molecule has 0 radical (unpaired) electrons. The van der Waals surface area contributed by atoms with Crippen LogP contribution in [0.3, 0.4) is 0 Å². The number of nitrogens with one attached hydrogen (secondary N) is 1. The van der Waals surface area contributed by atoms with Gasteiger partial charge in [0.05, 0.1) is 26.7 Å². The lowest BCUT2D eigenvalue weighted by Crippen LogP contribution is -2.11. The highest BCUT2D eigenvalue weighted by molar-refractivity contribution is 7.91. The number of aryl methyl sites for hydroxylation is 1. The van der Waals surface area contributed by atoms with Crippen LogP contribution in [-0.4, -0.2) is 24.1 Å². The molecule has 33 heavy (non-hydrogen) atoms. The molecular formula is C22H19F3N2O4S2. The van der Waals surface area contributed by atoms with Crippen LogP contribution in [0, 0.1) is 28.6 Å². The van der Waals surface area contributed by atoms with E-state index in [0.717, 1.165) is 13.0 Å². The fourth-order valence-electron chi connectivity index (χ4n) is 3.59. The van der Waals surface area contributed by atoms with Gasteiger partial charge in [0.15, 0.2) is 9.84 Å². The summed E-state index contributed by atoms with van der Waals surface area (Å²) < 4.78 is 66.4. The number of nitro benzene ring substituents is 1. The Hall–Kier alpha value is -3.05. The molecule has 0 bridgehead atoms. The highest BCUT2D eigenvalue weighted by atomic mass is 32.2. The molecule has 0 fully saturated rings. The highest BCUT2D eigenvalue weighted by Gasteiger charge is 2.38. The fourth-order valence-corrected chi connectivity index (χ4v) is 4.74. The quantitative estimate of drug-likeness (QED) is 0.250. The van der Waals surface area contributed by atoms with E-state index in [1.807, 2.05) is 0 Å². The smallest absolute Gasteiger partial charge is 0.352 e. The second-order valence-corrected chi connectivity index (χ2v) is 10.1. The lowest BCUT2D eigenvalue weighted by atomic mass is 9.88. The van der Waals surface area contributed by atoms with Crippen molar-refractivity contribution in [2.24, 2.45) is 0 Å². The molecule has 1 heterocycles. The Kier molecular flexibility index (Phi) is 6.49. The Morgan fingerprint density at radius 3 is 2.36 bits per heavy atom. The van der Waals surface area contributed by atoms with Gasteiger partial charge in [0, 0.05) is 17.3 Å². The zero-order valence-corrected chi connectivity index (χ0v) is 19.4. The Labute approximate surface area is 193 Å². The number of benzene rings is 2. The number of pyridine rings is 1. The first-order chi connectivity index (χ1) is 15.3. The second-order valence-electron chi connectivity index (χ2n) is 7.43. The minimum Gasteiger partial charge on any atom is -0.352 e. The normalized spacial score (nSPS) is 12.1. The van der Waals surface area contributed by atoms with Crippen LogP contribution in [0.15, 0.2) is 47.5 Å². The molecule has 3 rings (SSSR count). The van der Waals surface area contributed by atoms with Crippen molar-refractivity contribution < 1.29 is 26.5 Å². The van der Waals surface area contributed by atoms with Crippen LogP contribution in [-0.2, 0) is 16.0 Å². The number of halogens is 3. The van der Waals surface area contributed by atoms with E-state index >= 15 is 0 Å². The standard InChI is InChI=1S/C22H19F3N2O4S2/c1-4-33(30,31)15-7-5-6-14(9-15)16-10-18(22(23,24)25)13(3)20(27(28)29)19(16)17-8-12(2)11-26-21(17)32/h5-11H,4H2,1-3H3,(H,26,32). The topological polar surface area (TPSA) is 93.1 Å². The molecule has 0 saturated carbocycles. The van der Waals surface area contributed by atoms with Gasteiger partial charge in [0.1, 0.15) is 4.64 Å². The minimum absolute atomic E-state index is 0.0871. The van der Waals surface area contributed by atoms with Gasteiger partial charge in [-0.2, -0.15) is 13.2 Å². The average Bonchev–Trinajstić information content (AvgIpc) is 2.74. The molecular weight excluding hydrogens is 477 g/mol. The molecule has 0 aliphatic carbocycles. The SMILES string of the molecule is CCS(=O)(=O)c1cccc(-c2cc(C(F)(F)F)c(C)c([N+](=O)[O-])c2-c2cc(C)c[nH]c2=S)c1. The van der Waals surface area contributed by atoms with Crippen molar-refractivity contribution in [3.8, 4) is 22.3 Å². The number of hydrogen-bond donors (Lipinski definition) is 1. The number of aromatic nitrogens is 1.